The summed E-state index contributed by atoms with van der Waals surface area (Å²) in [4.78, 5) is 28.0. The fraction of sp³-hybridized carbons (Fsp3) is 0.233. The second-order valence-electron chi connectivity index (χ2n) is 10.00. The van der Waals surface area contributed by atoms with Gasteiger partial charge in [-0.05, 0) is 35.4 Å². The molecule has 4 rings (SSSR count). The Balaban J connectivity index is 1.56. The van der Waals surface area contributed by atoms with E-state index in [2.05, 4.69) is 26.1 Å². The Hall–Kier alpha value is -4.26. The highest BCUT2D eigenvalue weighted by Crippen LogP contribution is 2.26. The van der Waals surface area contributed by atoms with Gasteiger partial charge in [-0.3, -0.25) is 9.59 Å². The van der Waals surface area contributed by atoms with Crippen LogP contribution in [0.3, 0.4) is 0 Å². The number of amides is 2. The predicted octanol–water partition coefficient (Wildman–Crippen LogP) is 5.52. The molecule has 0 spiro atoms. The van der Waals surface area contributed by atoms with Gasteiger partial charge < -0.3 is 10.2 Å². The maximum Gasteiger partial charge on any atom is 0.245 e. The SMILES string of the molecule is CC(C)(C)c1cc(NC(=O)CN(Cc2ccccc2)C(=O)Cc2ccc(F)cc2)n(-c2ccccc2)n1. The van der Waals surface area contributed by atoms with Crippen LogP contribution in [0.1, 0.15) is 37.6 Å². The lowest BCUT2D eigenvalue weighted by Crippen LogP contribution is -2.38. The molecule has 37 heavy (non-hydrogen) atoms. The Kier molecular flexibility index (Phi) is 7.82. The van der Waals surface area contributed by atoms with E-state index in [4.69, 9.17) is 5.10 Å². The van der Waals surface area contributed by atoms with E-state index in [1.54, 1.807) is 16.8 Å². The average Bonchev–Trinajstić information content (AvgIpc) is 3.30. The van der Waals surface area contributed by atoms with Crippen molar-refractivity contribution in [3.05, 3.63) is 114 Å². The minimum atomic E-state index is -0.360. The van der Waals surface area contributed by atoms with Crippen molar-refractivity contribution in [1.29, 1.82) is 0 Å². The standard InChI is InChI=1S/C30H31FN4O2/c1-30(2,3)26-19-27(35(33-26)25-12-8-5-9-13-25)32-28(36)21-34(20-23-10-6-4-7-11-23)29(37)18-22-14-16-24(31)17-15-22/h4-17,19H,18,20-21H2,1-3H3,(H,32,36). The molecule has 0 unspecified atom stereocenters. The zero-order valence-corrected chi connectivity index (χ0v) is 21.3. The van der Waals surface area contributed by atoms with Gasteiger partial charge in [-0.15, -0.1) is 0 Å². The third-order valence-electron chi connectivity index (χ3n) is 5.92. The first-order valence-electron chi connectivity index (χ1n) is 12.2. The first kappa shape index (κ1) is 25.8. The topological polar surface area (TPSA) is 67.2 Å². The van der Waals surface area contributed by atoms with Crippen molar-refractivity contribution in [2.24, 2.45) is 0 Å². The van der Waals surface area contributed by atoms with Gasteiger partial charge in [-0.1, -0.05) is 81.4 Å². The first-order chi connectivity index (χ1) is 17.7. The summed E-state index contributed by atoms with van der Waals surface area (Å²) in [6.07, 6.45) is 0.0660. The maximum atomic E-state index is 13.3. The summed E-state index contributed by atoms with van der Waals surface area (Å²) in [7, 11) is 0. The third kappa shape index (κ3) is 6.91. The van der Waals surface area contributed by atoms with Crippen molar-refractivity contribution in [3.63, 3.8) is 0 Å². The largest absolute Gasteiger partial charge is 0.329 e. The first-order valence-corrected chi connectivity index (χ1v) is 12.2. The summed E-state index contributed by atoms with van der Waals surface area (Å²) < 4.78 is 15.0. The van der Waals surface area contributed by atoms with Crippen molar-refractivity contribution < 1.29 is 14.0 Å². The minimum Gasteiger partial charge on any atom is -0.329 e. The summed E-state index contributed by atoms with van der Waals surface area (Å²) in [5, 5.41) is 7.70. The van der Waals surface area contributed by atoms with Crippen LogP contribution < -0.4 is 5.32 Å². The molecule has 3 aromatic carbocycles. The number of aromatic nitrogens is 2. The summed E-state index contributed by atoms with van der Waals surface area (Å²) in [6, 6.07) is 26.8. The van der Waals surface area contributed by atoms with Gasteiger partial charge in [0.2, 0.25) is 11.8 Å². The number of nitrogens with zero attached hydrogens (tertiary/aromatic N) is 3. The quantitative estimate of drug-likeness (QED) is 0.348. The molecule has 0 atom stereocenters. The van der Waals surface area contributed by atoms with Crippen LogP contribution in [0.2, 0.25) is 0 Å². The Morgan fingerprint density at radius 1 is 0.892 bits per heavy atom. The predicted molar refractivity (Wildman–Crippen MR) is 143 cm³/mol. The highest BCUT2D eigenvalue weighted by molar-refractivity contribution is 5.94. The molecule has 0 aliphatic rings. The smallest absolute Gasteiger partial charge is 0.245 e. The molecule has 4 aromatic rings. The lowest BCUT2D eigenvalue weighted by molar-refractivity contribution is -0.134. The summed E-state index contributed by atoms with van der Waals surface area (Å²) in [5.74, 6) is -0.383. The maximum absolute atomic E-state index is 13.3. The number of rotatable bonds is 8. The van der Waals surface area contributed by atoms with E-state index in [0.29, 0.717) is 11.4 Å². The van der Waals surface area contributed by atoms with Crippen LogP contribution in [0.5, 0.6) is 0 Å². The van der Waals surface area contributed by atoms with Crippen LogP contribution in [0.4, 0.5) is 10.2 Å². The summed E-state index contributed by atoms with van der Waals surface area (Å²) in [6.45, 7) is 6.32. The number of halogens is 1. The molecule has 7 heteroatoms. The second-order valence-corrected chi connectivity index (χ2v) is 10.00. The van der Waals surface area contributed by atoms with Gasteiger partial charge in [0, 0.05) is 18.0 Å². The fourth-order valence-corrected chi connectivity index (χ4v) is 3.88. The van der Waals surface area contributed by atoms with Crippen molar-refractivity contribution >= 4 is 17.6 Å². The molecule has 0 aliphatic heterocycles. The Morgan fingerprint density at radius 2 is 1.51 bits per heavy atom. The Morgan fingerprint density at radius 3 is 2.14 bits per heavy atom. The number of anilines is 1. The number of benzene rings is 3. The second kappa shape index (κ2) is 11.2. The molecule has 6 nitrogen and oxygen atoms in total. The molecule has 1 aromatic heterocycles. The zero-order chi connectivity index (χ0) is 26.4. The van der Waals surface area contributed by atoms with Crippen LogP contribution in [0.25, 0.3) is 5.69 Å². The lowest BCUT2D eigenvalue weighted by Gasteiger charge is -2.23. The molecule has 0 aliphatic carbocycles. The van der Waals surface area contributed by atoms with E-state index >= 15 is 0 Å². The normalized spacial score (nSPS) is 11.2. The van der Waals surface area contributed by atoms with Crippen molar-refractivity contribution in [2.75, 3.05) is 11.9 Å². The van der Waals surface area contributed by atoms with Gasteiger partial charge in [-0.25, -0.2) is 9.07 Å². The van der Waals surface area contributed by atoms with E-state index in [1.807, 2.05) is 66.7 Å². The highest BCUT2D eigenvalue weighted by atomic mass is 19.1. The molecule has 1 heterocycles. The number of nitrogens with one attached hydrogen (secondary N) is 1. The van der Waals surface area contributed by atoms with Crippen molar-refractivity contribution in [2.45, 2.75) is 39.2 Å². The van der Waals surface area contributed by atoms with Gasteiger partial charge in [0.05, 0.1) is 17.8 Å². The van der Waals surface area contributed by atoms with Crippen LogP contribution in [0, 0.1) is 5.82 Å². The number of carbonyl (C=O) groups excluding carboxylic acids is 2. The third-order valence-corrected chi connectivity index (χ3v) is 5.92. The molecule has 190 valence electrons. The number of hydrogen-bond donors (Lipinski definition) is 1. The van der Waals surface area contributed by atoms with Gasteiger partial charge >= 0.3 is 0 Å². The molecular weight excluding hydrogens is 467 g/mol. The molecule has 1 N–H and O–H groups in total. The fourth-order valence-electron chi connectivity index (χ4n) is 3.88. The number of hydrogen-bond acceptors (Lipinski definition) is 3. The van der Waals surface area contributed by atoms with E-state index in [1.165, 1.54) is 17.0 Å². The van der Waals surface area contributed by atoms with Gasteiger partial charge in [0.25, 0.3) is 0 Å². The summed E-state index contributed by atoms with van der Waals surface area (Å²) >= 11 is 0. The lowest BCUT2D eigenvalue weighted by atomic mass is 9.92. The molecule has 0 radical (unpaired) electrons. The van der Waals surface area contributed by atoms with E-state index < -0.39 is 0 Å². The average molecular weight is 499 g/mol. The van der Waals surface area contributed by atoms with E-state index in [0.717, 1.165) is 16.9 Å². The molecule has 0 saturated carbocycles. The molecular formula is C30H31FN4O2. The van der Waals surface area contributed by atoms with Gasteiger partial charge in [-0.2, -0.15) is 5.10 Å². The minimum absolute atomic E-state index is 0.0660. The van der Waals surface area contributed by atoms with Crippen LogP contribution in [-0.4, -0.2) is 33.0 Å². The van der Waals surface area contributed by atoms with Crippen molar-refractivity contribution in [3.8, 4) is 5.69 Å². The monoisotopic (exact) mass is 498 g/mol. The van der Waals surface area contributed by atoms with Crippen LogP contribution in [0.15, 0.2) is 91.0 Å². The van der Waals surface area contributed by atoms with Crippen molar-refractivity contribution in [1.82, 2.24) is 14.7 Å². The number of carbonyl (C=O) groups is 2. The Labute approximate surface area is 216 Å². The molecule has 2 amide bonds. The van der Waals surface area contributed by atoms with Crippen LogP contribution >= 0.6 is 0 Å². The Bertz CT molecular complexity index is 1340. The van der Waals surface area contributed by atoms with Gasteiger partial charge in [0.15, 0.2) is 0 Å². The highest BCUT2D eigenvalue weighted by Gasteiger charge is 2.23. The van der Waals surface area contributed by atoms with E-state index in [9.17, 15) is 14.0 Å². The van der Waals surface area contributed by atoms with E-state index in [-0.39, 0.29) is 42.6 Å². The van der Waals surface area contributed by atoms with Gasteiger partial charge in [0.1, 0.15) is 18.2 Å². The zero-order valence-electron chi connectivity index (χ0n) is 21.3. The summed E-state index contributed by atoms with van der Waals surface area (Å²) in [5.41, 5.74) is 3.03. The molecule has 0 saturated heterocycles. The molecule has 0 bridgehead atoms. The van der Waals surface area contributed by atoms with Crippen LogP contribution in [-0.2, 0) is 28.0 Å². The number of para-hydroxylation sites is 1. The molecule has 0 fully saturated rings.